The minimum atomic E-state index is -0.620. The van der Waals surface area contributed by atoms with Gasteiger partial charge in [0, 0.05) is 0 Å². The average molecular weight is 240 g/mol. The first-order valence-electron chi connectivity index (χ1n) is 6.08. The molecule has 0 radical (unpaired) electrons. The number of ether oxygens (including phenoxy) is 2. The molecule has 0 bridgehead atoms. The normalized spacial score (nSPS) is 11.5. The molecule has 3 nitrogen and oxygen atoms in total. The van der Waals surface area contributed by atoms with E-state index in [1.807, 2.05) is 0 Å². The lowest BCUT2D eigenvalue weighted by Crippen LogP contribution is -2.12. The van der Waals surface area contributed by atoms with Crippen molar-refractivity contribution in [3.63, 3.8) is 0 Å². The van der Waals surface area contributed by atoms with Crippen molar-refractivity contribution >= 4 is 6.16 Å². The second kappa shape index (κ2) is 8.85. The van der Waals surface area contributed by atoms with Crippen LogP contribution in [0, 0.1) is 5.92 Å². The maximum absolute atomic E-state index is 11.0. The van der Waals surface area contributed by atoms with E-state index in [0.29, 0.717) is 12.5 Å². The Labute approximate surface area is 104 Å². The van der Waals surface area contributed by atoms with Crippen molar-refractivity contribution in [2.24, 2.45) is 5.92 Å². The SMILES string of the molecule is C=C(COC(=O)OCC)C(C)CCC=C(C)C. The van der Waals surface area contributed by atoms with Crippen LogP contribution in [-0.4, -0.2) is 19.4 Å². The van der Waals surface area contributed by atoms with Crippen LogP contribution >= 0.6 is 0 Å². The highest BCUT2D eigenvalue weighted by molar-refractivity contribution is 5.60. The van der Waals surface area contributed by atoms with Crippen LogP contribution in [0.1, 0.15) is 40.5 Å². The third-order valence-electron chi connectivity index (χ3n) is 2.49. The lowest BCUT2D eigenvalue weighted by Gasteiger charge is -2.13. The molecule has 0 N–H and O–H groups in total. The molecular weight excluding hydrogens is 216 g/mol. The molecular formula is C14H24O3. The van der Waals surface area contributed by atoms with Crippen molar-refractivity contribution in [1.29, 1.82) is 0 Å². The van der Waals surface area contributed by atoms with Gasteiger partial charge in [-0.3, -0.25) is 0 Å². The molecule has 0 saturated heterocycles. The van der Waals surface area contributed by atoms with Gasteiger partial charge >= 0.3 is 6.16 Å². The second-order valence-corrected chi connectivity index (χ2v) is 4.39. The number of hydrogen-bond acceptors (Lipinski definition) is 3. The number of rotatable bonds is 7. The summed E-state index contributed by atoms with van der Waals surface area (Å²) in [6, 6.07) is 0. The monoisotopic (exact) mass is 240 g/mol. The lowest BCUT2D eigenvalue weighted by molar-refractivity contribution is 0.0642. The third-order valence-corrected chi connectivity index (χ3v) is 2.49. The Morgan fingerprint density at radius 3 is 2.53 bits per heavy atom. The molecule has 0 saturated carbocycles. The van der Waals surface area contributed by atoms with Crippen molar-refractivity contribution in [2.45, 2.75) is 40.5 Å². The van der Waals surface area contributed by atoms with Gasteiger partial charge in [0.25, 0.3) is 0 Å². The second-order valence-electron chi connectivity index (χ2n) is 4.39. The van der Waals surface area contributed by atoms with Crippen LogP contribution in [0.3, 0.4) is 0 Å². The molecule has 0 aromatic carbocycles. The van der Waals surface area contributed by atoms with E-state index in [9.17, 15) is 4.79 Å². The summed E-state index contributed by atoms with van der Waals surface area (Å²) in [5, 5.41) is 0. The van der Waals surface area contributed by atoms with Crippen LogP contribution < -0.4 is 0 Å². The summed E-state index contributed by atoms with van der Waals surface area (Å²) in [4.78, 5) is 11.0. The molecule has 0 aliphatic heterocycles. The zero-order valence-electron chi connectivity index (χ0n) is 11.4. The van der Waals surface area contributed by atoms with Gasteiger partial charge in [0.1, 0.15) is 6.61 Å². The highest BCUT2D eigenvalue weighted by atomic mass is 16.7. The Kier molecular flexibility index (Phi) is 8.20. The molecule has 0 spiro atoms. The van der Waals surface area contributed by atoms with Crippen LogP contribution in [0.15, 0.2) is 23.8 Å². The first-order valence-corrected chi connectivity index (χ1v) is 6.08. The zero-order valence-corrected chi connectivity index (χ0v) is 11.4. The van der Waals surface area contributed by atoms with Crippen molar-refractivity contribution in [2.75, 3.05) is 13.2 Å². The Morgan fingerprint density at radius 2 is 2.00 bits per heavy atom. The van der Waals surface area contributed by atoms with E-state index < -0.39 is 6.16 Å². The van der Waals surface area contributed by atoms with Crippen molar-refractivity contribution in [1.82, 2.24) is 0 Å². The van der Waals surface area contributed by atoms with Crippen LogP contribution in [0.2, 0.25) is 0 Å². The van der Waals surface area contributed by atoms with Crippen LogP contribution in [0.5, 0.6) is 0 Å². The Hall–Kier alpha value is -1.25. The predicted molar refractivity (Wildman–Crippen MR) is 69.9 cm³/mol. The van der Waals surface area contributed by atoms with E-state index in [1.165, 1.54) is 5.57 Å². The average Bonchev–Trinajstić information content (AvgIpc) is 2.25. The Balaban J connectivity index is 3.82. The molecule has 1 unspecified atom stereocenters. The number of carbonyl (C=O) groups excluding carboxylic acids is 1. The van der Waals surface area contributed by atoms with Crippen LogP contribution in [-0.2, 0) is 9.47 Å². The number of hydrogen-bond donors (Lipinski definition) is 0. The van der Waals surface area contributed by atoms with E-state index in [4.69, 9.17) is 4.74 Å². The van der Waals surface area contributed by atoms with Gasteiger partial charge in [0.15, 0.2) is 0 Å². The summed E-state index contributed by atoms with van der Waals surface area (Å²) in [5.41, 5.74) is 2.26. The molecule has 0 aliphatic carbocycles. The molecule has 0 aliphatic rings. The number of allylic oxidation sites excluding steroid dienone is 2. The highest BCUT2D eigenvalue weighted by Gasteiger charge is 2.09. The first kappa shape index (κ1) is 15.8. The van der Waals surface area contributed by atoms with Gasteiger partial charge in [-0.2, -0.15) is 0 Å². The molecule has 17 heavy (non-hydrogen) atoms. The van der Waals surface area contributed by atoms with Gasteiger partial charge in [-0.05, 0) is 45.1 Å². The van der Waals surface area contributed by atoms with E-state index in [1.54, 1.807) is 6.92 Å². The molecule has 0 amide bonds. The quantitative estimate of drug-likeness (QED) is 0.496. The standard InChI is InChI=1S/C14H24O3/c1-6-16-14(15)17-10-13(5)12(4)9-7-8-11(2)3/h8,12H,5-7,9-10H2,1-4H3. The minimum Gasteiger partial charge on any atom is -0.435 e. The summed E-state index contributed by atoms with van der Waals surface area (Å²) >= 11 is 0. The van der Waals surface area contributed by atoms with E-state index in [2.05, 4.69) is 38.2 Å². The van der Waals surface area contributed by atoms with E-state index >= 15 is 0 Å². The van der Waals surface area contributed by atoms with Gasteiger partial charge in [-0.25, -0.2) is 4.79 Å². The van der Waals surface area contributed by atoms with Gasteiger partial charge in [0.05, 0.1) is 6.61 Å². The van der Waals surface area contributed by atoms with Gasteiger partial charge in [-0.1, -0.05) is 25.2 Å². The summed E-state index contributed by atoms with van der Waals surface area (Å²) in [7, 11) is 0. The molecule has 1 atom stereocenters. The van der Waals surface area contributed by atoms with Gasteiger partial charge in [-0.15, -0.1) is 0 Å². The van der Waals surface area contributed by atoms with E-state index in [0.717, 1.165) is 18.4 Å². The Bertz CT molecular complexity index is 275. The maximum Gasteiger partial charge on any atom is 0.508 e. The fourth-order valence-corrected chi connectivity index (χ4v) is 1.28. The molecule has 0 heterocycles. The predicted octanol–water partition coefficient (Wildman–Crippen LogP) is 4.10. The van der Waals surface area contributed by atoms with Gasteiger partial charge < -0.3 is 9.47 Å². The zero-order chi connectivity index (χ0) is 13.3. The van der Waals surface area contributed by atoms with Crippen molar-refractivity contribution in [3.8, 4) is 0 Å². The highest BCUT2D eigenvalue weighted by Crippen LogP contribution is 2.16. The molecule has 0 aromatic heterocycles. The van der Waals surface area contributed by atoms with Crippen LogP contribution in [0.25, 0.3) is 0 Å². The van der Waals surface area contributed by atoms with Crippen molar-refractivity contribution < 1.29 is 14.3 Å². The minimum absolute atomic E-state index is 0.245. The lowest BCUT2D eigenvalue weighted by atomic mass is 9.97. The fourth-order valence-electron chi connectivity index (χ4n) is 1.28. The molecule has 0 rings (SSSR count). The fraction of sp³-hybridized carbons (Fsp3) is 0.643. The van der Waals surface area contributed by atoms with E-state index in [-0.39, 0.29) is 6.61 Å². The Morgan fingerprint density at radius 1 is 1.35 bits per heavy atom. The summed E-state index contributed by atoms with van der Waals surface area (Å²) in [6.45, 7) is 12.5. The summed E-state index contributed by atoms with van der Waals surface area (Å²) in [5.74, 6) is 0.347. The maximum atomic E-state index is 11.0. The first-order chi connectivity index (χ1) is 7.97. The van der Waals surface area contributed by atoms with Gasteiger partial charge in [0.2, 0.25) is 0 Å². The summed E-state index contributed by atoms with van der Waals surface area (Å²) < 4.78 is 9.59. The molecule has 98 valence electrons. The number of carbonyl (C=O) groups is 1. The molecule has 0 aromatic rings. The topological polar surface area (TPSA) is 35.5 Å². The summed E-state index contributed by atoms with van der Waals surface area (Å²) in [6.07, 6.45) is 3.64. The smallest absolute Gasteiger partial charge is 0.435 e. The van der Waals surface area contributed by atoms with Crippen molar-refractivity contribution in [3.05, 3.63) is 23.8 Å². The molecule has 0 fully saturated rings. The van der Waals surface area contributed by atoms with Crippen LogP contribution in [0.4, 0.5) is 4.79 Å². The largest absolute Gasteiger partial charge is 0.508 e. The molecule has 3 heteroatoms. The third kappa shape index (κ3) is 8.55.